The standard InChI is InChI=1S/C13H16FNO4S/c1-20(17,18)19-9-12-3-2-8-15(12)13(16)10-4-6-11(14)7-5-10/h4-7,12H,2-3,8-9H2,1H3/t12-/m1/s1. The number of rotatable bonds is 4. The van der Waals surface area contributed by atoms with E-state index in [2.05, 4.69) is 0 Å². The summed E-state index contributed by atoms with van der Waals surface area (Å²) < 4.78 is 39.6. The van der Waals surface area contributed by atoms with Crippen molar-refractivity contribution in [2.45, 2.75) is 18.9 Å². The Kier molecular flexibility index (Phi) is 4.39. The summed E-state index contributed by atoms with van der Waals surface area (Å²) in [6.07, 6.45) is 2.47. The first-order valence-corrected chi connectivity index (χ1v) is 8.09. The molecule has 0 aromatic heterocycles. The van der Waals surface area contributed by atoms with Crippen LogP contribution in [0.1, 0.15) is 23.2 Å². The first-order chi connectivity index (χ1) is 9.37. The number of carbonyl (C=O) groups excluding carboxylic acids is 1. The summed E-state index contributed by atoms with van der Waals surface area (Å²) >= 11 is 0. The minimum Gasteiger partial charge on any atom is -0.333 e. The van der Waals surface area contributed by atoms with Crippen LogP contribution in [-0.2, 0) is 14.3 Å². The number of carbonyl (C=O) groups is 1. The SMILES string of the molecule is CS(=O)(=O)OC[C@H]1CCCN1C(=O)c1ccc(F)cc1. The predicted octanol–water partition coefficient (Wildman–Crippen LogP) is 1.41. The van der Waals surface area contributed by atoms with Gasteiger partial charge in [-0.1, -0.05) is 0 Å². The Balaban J connectivity index is 2.06. The second-order valence-electron chi connectivity index (χ2n) is 4.79. The van der Waals surface area contributed by atoms with Gasteiger partial charge in [-0.15, -0.1) is 0 Å². The summed E-state index contributed by atoms with van der Waals surface area (Å²) in [5.74, 6) is -0.635. The maximum atomic E-state index is 12.8. The van der Waals surface area contributed by atoms with E-state index in [9.17, 15) is 17.6 Å². The molecule has 0 unspecified atom stereocenters. The lowest BCUT2D eigenvalue weighted by Gasteiger charge is -2.24. The minimum absolute atomic E-state index is 0.0359. The van der Waals surface area contributed by atoms with Gasteiger partial charge in [0.1, 0.15) is 5.82 Å². The van der Waals surface area contributed by atoms with Crippen LogP contribution in [-0.4, -0.2) is 44.7 Å². The minimum atomic E-state index is -3.52. The number of hydrogen-bond donors (Lipinski definition) is 0. The molecule has 1 amide bonds. The number of amides is 1. The number of benzene rings is 1. The third-order valence-corrected chi connectivity index (χ3v) is 3.77. The summed E-state index contributed by atoms with van der Waals surface area (Å²) in [6.45, 7) is 0.514. The van der Waals surface area contributed by atoms with Crippen molar-refractivity contribution in [3.05, 3.63) is 35.6 Å². The molecule has 0 bridgehead atoms. The molecule has 20 heavy (non-hydrogen) atoms. The van der Waals surface area contributed by atoms with Gasteiger partial charge in [0.15, 0.2) is 0 Å². The molecule has 0 N–H and O–H groups in total. The first kappa shape index (κ1) is 14.9. The zero-order valence-corrected chi connectivity index (χ0v) is 11.9. The molecule has 1 saturated heterocycles. The normalized spacial score (nSPS) is 19.3. The van der Waals surface area contributed by atoms with Crippen molar-refractivity contribution in [1.82, 2.24) is 4.90 Å². The molecule has 2 rings (SSSR count). The molecule has 0 saturated carbocycles. The average molecular weight is 301 g/mol. The van der Waals surface area contributed by atoms with Crippen LogP contribution in [0.2, 0.25) is 0 Å². The van der Waals surface area contributed by atoms with Gasteiger partial charge in [0.05, 0.1) is 18.9 Å². The van der Waals surface area contributed by atoms with E-state index >= 15 is 0 Å². The van der Waals surface area contributed by atoms with E-state index in [4.69, 9.17) is 4.18 Å². The third-order valence-electron chi connectivity index (χ3n) is 3.20. The molecule has 5 nitrogen and oxygen atoms in total. The van der Waals surface area contributed by atoms with Crippen LogP contribution in [0.5, 0.6) is 0 Å². The van der Waals surface area contributed by atoms with E-state index in [0.29, 0.717) is 18.5 Å². The zero-order valence-electron chi connectivity index (χ0n) is 11.1. The monoisotopic (exact) mass is 301 g/mol. The lowest BCUT2D eigenvalue weighted by molar-refractivity contribution is 0.0694. The molecule has 1 aliphatic heterocycles. The van der Waals surface area contributed by atoms with Crippen LogP contribution < -0.4 is 0 Å². The van der Waals surface area contributed by atoms with Gasteiger partial charge in [-0.3, -0.25) is 8.98 Å². The van der Waals surface area contributed by atoms with Gasteiger partial charge in [-0.25, -0.2) is 4.39 Å². The fraction of sp³-hybridized carbons (Fsp3) is 0.462. The Morgan fingerprint density at radius 3 is 2.65 bits per heavy atom. The van der Waals surface area contributed by atoms with E-state index in [1.165, 1.54) is 24.3 Å². The highest BCUT2D eigenvalue weighted by atomic mass is 32.2. The average Bonchev–Trinajstić information content (AvgIpc) is 2.84. The molecular formula is C13H16FNO4S. The van der Waals surface area contributed by atoms with E-state index in [1.807, 2.05) is 0 Å². The van der Waals surface area contributed by atoms with E-state index in [-0.39, 0.29) is 18.6 Å². The number of hydrogen-bond acceptors (Lipinski definition) is 4. The smallest absolute Gasteiger partial charge is 0.264 e. The Morgan fingerprint density at radius 2 is 2.05 bits per heavy atom. The lowest BCUT2D eigenvalue weighted by atomic mass is 10.1. The number of nitrogens with zero attached hydrogens (tertiary/aromatic N) is 1. The van der Waals surface area contributed by atoms with Crippen molar-refractivity contribution in [1.29, 1.82) is 0 Å². The Morgan fingerprint density at radius 1 is 1.40 bits per heavy atom. The Bertz CT molecular complexity index is 585. The molecule has 1 atom stereocenters. The fourth-order valence-corrected chi connectivity index (χ4v) is 2.64. The van der Waals surface area contributed by atoms with Crippen molar-refractivity contribution in [3.8, 4) is 0 Å². The Hall–Kier alpha value is -1.47. The van der Waals surface area contributed by atoms with Gasteiger partial charge in [0, 0.05) is 12.1 Å². The molecule has 0 spiro atoms. The summed E-state index contributed by atoms with van der Waals surface area (Å²) in [6, 6.07) is 5.04. The van der Waals surface area contributed by atoms with Crippen molar-refractivity contribution in [2.75, 3.05) is 19.4 Å². The maximum Gasteiger partial charge on any atom is 0.264 e. The highest BCUT2D eigenvalue weighted by Crippen LogP contribution is 2.21. The van der Waals surface area contributed by atoms with Crippen LogP contribution in [0.25, 0.3) is 0 Å². The molecule has 1 aliphatic rings. The molecular weight excluding hydrogens is 285 g/mol. The van der Waals surface area contributed by atoms with Crippen molar-refractivity contribution < 1.29 is 21.8 Å². The van der Waals surface area contributed by atoms with Gasteiger partial charge in [0.25, 0.3) is 16.0 Å². The summed E-state index contributed by atoms with van der Waals surface area (Å²) in [5.41, 5.74) is 0.387. The fourth-order valence-electron chi connectivity index (χ4n) is 2.24. The first-order valence-electron chi connectivity index (χ1n) is 6.28. The number of likely N-dealkylation sites (tertiary alicyclic amines) is 1. The second-order valence-corrected chi connectivity index (χ2v) is 6.43. The van der Waals surface area contributed by atoms with E-state index < -0.39 is 15.9 Å². The highest BCUT2D eigenvalue weighted by molar-refractivity contribution is 7.85. The second kappa shape index (κ2) is 5.88. The summed E-state index contributed by atoms with van der Waals surface area (Å²) in [4.78, 5) is 13.9. The molecule has 1 aromatic carbocycles. The molecule has 0 aliphatic carbocycles. The summed E-state index contributed by atoms with van der Waals surface area (Å²) in [5, 5.41) is 0. The van der Waals surface area contributed by atoms with Gasteiger partial charge in [0.2, 0.25) is 0 Å². The molecule has 1 heterocycles. The largest absolute Gasteiger partial charge is 0.333 e. The summed E-state index contributed by atoms with van der Waals surface area (Å²) in [7, 11) is -3.52. The van der Waals surface area contributed by atoms with Crippen LogP contribution >= 0.6 is 0 Å². The number of halogens is 1. The van der Waals surface area contributed by atoms with Gasteiger partial charge < -0.3 is 4.90 Å². The molecule has 0 radical (unpaired) electrons. The molecule has 1 aromatic rings. The van der Waals surface area contributed by atoms with Crippen LogP contribution in [0.3, 0.4) is 0 Å². The van der Waals surface area contributed by atoms with Crippen LogP contribution in [0, 0.1) is 5.82 Å². The van der Waals surface area contributed by atoms with Gasteiger partial charge in [-0.05, 0) is 37.1 Å². The quantitative estimate of drug-likeness (QED) is 0.789. The lowest BCUT2D eigenvalue weighted by Crippen LogP contribution is -2.38. The Labute approximate surface area is 117 Å². The zero-order chi connectivity index (χ0) is 14.8. The molecule has 7 heteroatoms. The van der Waals surface area contributed by atoms with Crippen LogP contribution in [0.15, 0.2) is 24.3 Å². The van der Waals surface area contributed by atoms with Crippen molar-refractivity contribution in [2.24, 2.45) is 0 Å². The molecule has 1 fully saturated rings. The van der Waals surface area contributed by atoms with E-state index in [1.54, 1.807) is 4.90 Å². The molecule has 110 valence electrons. The van der Waals surface area contributed by atoms with Crippen molar-refractivity contribution in [3.63, 3.8) is 0 Å². The third kappa shape index (κ3) is 3.77. The van der Waals surface area contributed by atoms with Gasteiger partial charge >= 0.3 is 0 Å². The predicted molar refractivity (Wildman–Crippen MR) is 71.3 cm³/mol. The highest BCUT2D eigenvalue weighted by Gasteiger charge is 2.30. The van der Waals surface area contributed by atoms with E-state index in [0.717, 1.165) is 12.7 Å². The maximum absolute atomic E-state index is 12.8. The van der Waals surface area contributed by atoms with Crippen molar-refractivity contribution >= 4 is 16.0 Å². The van der Waals surface area contributed by atoms with Gasteiger partial charge in [-0.2, -0.15) is 8.42 Å². The van der Waals surface area contributed by atoms with Crippen LogP contribution in [0.4, 0.5) is 4.39 Å². The topological polar surface area (TPSA) is 63.7 Å².